The minimum absolute atomic E-state index is 0.326. The molecular weight excluding hydrogens is 272 g/mol. The fourth-order valence-electron chi connectivity index (χ4n) is 2.98. The van der Waals surface area contributed by atoms with Crippen molar-refractivity contribution in [2.45, 2.75) is 44.2 Å². The van der Waals surface area contributed by atoms with Crippen LogP contribution in [-0.2, 0) is 0 Å². The summed E-state index contributed by atoms with van der Waals surface area (Å²) in [5, 5.41) is 8.98. The second-order valence-corrected chi connectivity index (χ2v) is 5.79. The Morgan fingerprint density at radius 2 is 1.95 bits per heavy atom. The third-order valence-corrected chi connectivity index (χ3v) is 4.43. The molecule has 2 aromatic rings. The van der Waals surface area contributed by atoms with E-state index in [0.29, 0.717) is 11.1 Å². The van der Waals surface area contributed by atoms with E-state index in [4.69, 9.17) is 17.3 Å². The summed E-state index contributed by atoms with van der Waals surface area (Å²) in [4.78, 5) is 0. The van der Waals surface area contributed by atoms with E-state index in [1.54, 1.807) is 0 Å². The molecule has 0 saturated heterocycles. The Hall–Kier alpha value is -1.39. The van der Waals surface area contributed by atoms with Crippen LogP contribution in [-0.4, -0.2) is 14.8 Å². The van der Waals surface area contributed by atoms with Crippen molar-refractivity contribution in [2.24, 2.45) is 5.73 Å². The van der Waals surface area contributed by atoms with Crippen molar-refractivity contribution in [3.63, 3.8) is 0 Å². The van der Waals surface area contributed by atoms with Crippen molar-refractivity contribution in [3.05, 3.63) is 47.0 Å². The monoisotopic (exact) mass is 290 g/mol. The predicted octanol–water partition coefficient (Wildman–Crippen LogP) is 3.48. The lowest BCUT2D eigenvalue weighted by atomic mass is 9.95. The molecule has 0 radical (unpaired) electrons. The number of hydrogen-bond donors (Lipinski definition) is 1. The summed E-state index contributed by atoms with van der Waals surface area (Å²) in [5.41, 5.74) is 7.26. The molecular formula is C15H19ClN4. The first kappa shape index (κ1) is 13.6. The van der Waals surface area contributed by atoms with Crippen LogP contribution in [0.4, 0.5) is 0 Å². The van der Waals surface area contributed by atoms with Crippen LogP contribution in [0.1, 0.15) is 55.6 Å². The molecule has 1 aliphatic carbocycles. The van der Waals surface area contributed by atoms with Crippen molar-refractivity contribution in [1.82, 2.24) is 14.8 Å². The molecule has 0 spiro atoms. The lowest BCUT2D eigenvalue weighted by Crippen LogP contribution is -2.22. The maximum Gasteiger partial charge on any atom is 0.154 e. The normalized spacial score (nSPS) is 18.1. The van der Waals surface area contributed by atoms with Crippen LogP contribution in [0, 0.1) is 0 Å². The van der Waals surface area contributed by atoms with Crippen LogP contribution in [0.2, 0.25) is 5.02 Å². The number of hydrogen-bond acceptors (Lipinski definition) is 3. The zero-order valence-electron chi connectivity index (χ0n) is 11.4. The van der Waals surface area contributed by atoms with E-state index in [0.717, 1.165) is 11.4 Å². The number of aromatic nitrogens is 3. The van der Waals surface area contributed by atoms with Gasteiger partial charge in [-0.05, 0) is 24.5 Å². The Bertz CT molecular complexity index is 575. The molecule has 5 heteroatoms. The molecule has 4 nitrogen and oxygen atoms in total. The van der Waals surface area contributed by atoms with Crippen molar-refractivity contribution >= 4 is 11.6 Å². The van der Waals surface area contributed by atoms with Crippen molar-refractivity contribution in [1.29, 1.82) is 0 Å². The highest BCUT2D eigenvalue weighted by atomic mass is 35.5. The third-order valence-electron chi connectivity index (χ3n) is 4.09. The van der Waals surface area contributed by atoms with Crippen LogP contribution in [0.5, 0.6) is 0 Å². The van der Waals surface area contributed by atoms with Gasteiger partial charge in [-0.3, -0.25) is 0 Å². The van der Waals surface area contributed by atoms with Gasteiger partial charge >= 0.3 is 0 Å². The van der Waals surface area contributed by atoms with Crippen molar-refractivity contribution < 1.29 is 0 Å². The Morgan fingerprint density at radius 3 is 2.70 bits per heavy atom. The van der Waals surface area contributed by atoms with Crippen molar-refractivity contribution in [2.75, 3.05) is 0 Å². The van der Waals surface area contributed by atoms with Gasteiger partial charge in [0.05, 0.1) is 6.04 Å². The molecule has 0 amide bonds. The summed E-state index contributed by atoms with van der Waals surface area (Å²) < 4.78 is 2.15. The van der Waals surface area contributed by atoms with E-state index in [1.165, 1.54) is 32.1 Å². The van der Waals surface area contributed by atoms with Crippen LogP contribution in [0.3, 0.4) is 0 Å². The summed E-state index contributed by atoms with van der Waals surface area (Å²) in [5.74, 6) is 0.810. The first-order chi connectivity index (χ1) is 9.77. The fourth-order valence-corrected chi connectivity index (χ4v) is 3.23. The standard InChI is InChI=1S/C15H19ClN4/c16-13-9-5-4-8-12(13)14(17)15-19-18-10-20(15)11-6-2-1-3-7-11/h4-5,8-11,14H,1-3,6-7,17H2/t14-/m1/s1. The number of halogens is 1. The minimum atomic E-state index is -0.326. The highest BCUT2D eigenvalue weighted by Gasteiger charge is 2.23. The molecule has 1 atom stereocenters. The van der Waals surface area contributed by atoms with Gasteiger partial charge in [0, 0.05) is 11.1 Å². The van der Waals surface area contributed by atoms with Crippen molar-refractivity contribution in [3.8, 4) is 0 Å². The first-order valence-electron chi connectivity index (χ1n) is 7.17. The smallest absolute Gasteiger partial charge is 0.154 e. The molecule has 1 aromatic carbocycles. The van der Waals surface area contributed by atoms with Gasteiger partial charge in [-0.2, -0.15) is 0 Å². The maximum absolute atomic E-state index is 6.36. The van der Waals surface area contributed by atoms with Gasteiger partial charge in [0.1, 0.15) is 6.33 Å². The van der Waals surface area contributed by atoms with Crippen LogP contribution < -0.4 is 5.73 Å². The molecule has 0 aliphatic heterocycles. The van der Waals surface area contributed by atoms with E-state index in [9.17, 15) is 0 Å². The molecule has 2 N–H and O–H groups in total. The van der Waals surface area contributed by atoms with Crippen LogP contribution in [0.15, 0.2) is 30.6 Å². The van der Waals surface area contributed by atoms with Gasteiger partial charge in [-0.25, -0.2) is 0 Å². The number of nitrogens with zero attached hydrogens (tertiary/aromatic N) is 3. The highest BCUT2D eigenvalue weighted by Crippen LogP contribution is 2.32. The van der Waals surface area contributed by atoms with E-state index in [1.807, 2.05) is 30.6 Å². The Labute approximate surface area is 124 Å². The summed E-state index contributed by atoms with van der Waals surface area (Å²) in [6.45, 7) is 0. The van der Waals surface area contributed by atoms with Gasteiger partial charge in [0.15, 0.2) is 5.82 Å². The minimum Gasteiger partial charge on any atom is -0.318 e. The molecule has 20 heavy (non-hydrogen) atoms. The zero-order valence-corrected chi connectivity index (χ0v) is 12.1. The van der Waals surface area contributed by atoms with E-state index in [-0.39, 0.29) is 6.04 Å². The average Bonchev–Trinajstić information content (AvgIpc) is 2.97. The second kappa shape index (κ2) is 5.94. The summed E-state index contributed by atoms with van der Waals surface area (Å²) in [7, 11) is 0. The molecule has 0 bridgehead atoms. The van der Waals surface area contributed by atoms with Gasteiger partial charge in [0.2, 0.25) is 0 Å². The average molecular weight is 291 g/mol. The fraction of sp³-hybridized carbons (Fsp3) is 0.467. The lowest BCUT2D eigenvalue weighted by Gasteiger charge is -2.25. The Balaban J connectivity index is 1.91. The van der Waals surface area contributed by atoms with Gasteiger partial charge in [0.25, 0.3) is 0 Å². The number of benzene rings is 1. The molecule has 106 valence electrons. The maximum atomic E-state index is 6.36. The number of rotatable bonds is 3. The van der Waals surface area contributed by atoms with Crippen LogP contribution >= 0.6 is 11.6 Å². The summed E-state index contributed by atoms with van der Waals surface area (Å²) >= 11 is 6.24. The van der Waals surface area contributed by atoms with E-state index < -0.39 is 0 Å². The SMILES string of the molecule is N[C@H](c1ccccc1Cl)c1nncn1C1CCCCC1. The van der Waals surface area contributed by atoms with Gasteiger partial charge in [-0.15, -0.1) is 10.2 Å². The number of nitrogens with two attached hydrogens (primary N) is 1. The van der Waals surface area contributed by atoms with E-state index >= 15 is 0 Å². The van der Waals surface area contributed by atoms with Gasteiger partial charge in [-0.1, -0.05) is 49.1 Å². The molecule has 3 rings (SSSR count). The lowest BCUT2D eigenvalue weighted by molar-refractivity contribution is 0.343. The van der Waals surface area contributed by atoms with E-state index in [2.05, 4.69) is 14.8 Å². The third kappa shape index (κ3) is 2.58. The molecule has 1 saturated carbocycles. The topological polar surface area (TPSA) is 56.7 Å². The summed E-state index contributed by atoms with van der Waals surface area (Å²) in [6, 6.07) is 7.81. The van der Waals surface area contributed by atoms with Gasteiger partial charge < -0.3 is 10.3 Å². The quantitative estimate of drug-likeness (QED) is 0.941. The zero-order chi connectivity index (χ0) is 13.9. The molecule has 1 fully saturated rings. The largest absolute Gasteiger partial charge is 0.318 e. The molecule has 1 aliphatic rings. The molecule has 1 aromatic heterocycles. The van der Waals surface area contributed by atoms with Crippen LogP contribution in [0.25, 0.3) is 0 Å². The predicted molar refractivity (Wildman–Crippen MR) is 79.6 cm³/mol. The molecule has 0 unspecified atom stereocenters. The molecule has 1 heterocycles. The first-order valence-corrected chi connectivity index (χ1v) is 7.54. The Morgan fingerprint density at radius 1 is 1.20 bits per heavy atom. The highest BCUT2D eigenvalue weighted by molar-refractivity contribution is 6.31. The Kier molecular flexibility index (Phi) is 4.03. The summed E-state index contributed by atoms with van der Waals surface area (Å²) in [6.07, 6.45) is 8.03. The second-order valence-electron chi connectivity index (χ2n) is 5.39.